The smallest absolute Gasteiger partial charge is 0.281 e. The predicted molar refractivity (Wildman–Crippen MR) is 105 cm³/mol. The third-order valence-corrected chi connectivity index (χ3v) is 4.24. The Bertz CT molecular complexity index is 985. The summed E-state index contributed by atoms with van der Waals surface area (Å²) in [4.78, 5) is 24.5. The first-order valence-corrected chi connectivity index (χ1v) is 9.11. The molecule has 0 saturated heterocycles. The summed E-state index contributed by atoms with van der Waals surface area (Å²) in [5.41, 5.74) is 0.758. The highest BCUT2D eigenvalue weighted by Gasteiger charge is 2.18. The molecule has 1 amide bonds. The fourth-order valence-electron chi connectivity index (χ4n) is 2.63. The van der Waals surface area contributed by atoms with Crippen LogP contribution in [0.25, 0.3) is 0 Å². The van der Waals surface area contributed by atoms with Crippen LogP contribution in [-0.4, -0.2) is 22.1 Å². The van der Waals surface area contributed by atoms with E-state index in [1.54, 1.807) is 31.2 Å². The lowest BCUT2D eigenvalue weighted by Crippen LogP contribution is -2.22. The second kappa shape index (κ2) is 9.46. The molecule has 1 aromatic carbocycles. The van der Waals surface area contributed by atoms with Crippen molar-refractivity contribution in [2.24, 2.45) is 10.2 Å². The molecule has 0 atom stereocenters. The minimum absolute atomic E-state index is 0.0104. The van der Waals surface area contributed by atoms with Crippen molar-refractivity contribution in [3.05, 3.63) is 51.3 Å². The number of hydrogen-bond acceptors (Lipinski definition) is 6. The minimum Gasteiger partial charge on any atom is -0.493 e. The number of pyridine rings is 1. The topological polar surface area (TPSA) is 120 Å². The SMILES string of the molecule is CCCCn1c(O)c(C#N)c(C)c(N=Nc2ccc(C(=O)NCC)cc2)c1=O. The molecule has 28 heavy (non-hydrogen) atoms. The molecule has 2 rings (SSSR count). The number of aromatic hydroxyl groups is 1. The van der Waals surface area contributed by atoms with Gasteiger partial charge in [-0.25, -0.2) is 0 Å². The van der Waals surface area contributed by atoms with Gasteiger partial charge in [-0.3, -0.25) is 14.2 Å². The molecule has 0 spiro atoms. The molecule has 8 heteroatoms. The largest absolute Gasteiger partial charge is 0.493 e. The van der Waals surface area contributed by atoms with Crippen molar-refractivity contribution < 1.29 is 9.90 Å². The van der Waals surface area contributed by atoms with Gasteiger partial charge in [0.15, 0.2) is 5.69 Å². The van der Waals surface area contributed by atoms with Crippen LogP contribution >= 0.6 is 0 Å². The highest BCUT2D eigenvalue weighted by Crippen LogP contribution is 2.27. The van der Waals surface area contributed by atoms with Gasteiger partial charge < -0.3 is 10.4 Å². The average Bonchev–Trinajstić information content (AvgIpc) is 2.69. The molecule has 2 aromatic rings. The number of amides is 1. The Hall–Kier alpha value is -3.47. The number of aromatic nitrogens is 1. The van der Waals surface area contributed by atoms with Crippen molar-refractivity contribution >= 4 is 17.3 Å². The summed E-state index contributed by atoms with van der Waals surface area (Å²) in [6, 6.07) is 8.38. The van der Waals surface area contributed by atoms with Crippen LogP contribution in [0.15, 0.2) is 39.3 Å². The number of rotatable bonds is 7. The van der Waals surface area contributed by atoms with Crippen LogP contribution in [0.4, 0.5) is 11.4 Å². The van der Waals surface area contributed by atoms with E-state index in [1.165, 1.54) is 0 Å². The van der Waals surface area contributed by atoms with Crippen LogP contribution in [0.3, 0.4) is 0 Å². The molecule has 0 bridgehead atoms. The van der Waals surface area contributed by atoms with Crippen LogP contribution in [0.1, 0.15) is 48.2 Å². The number of azo groups is 1. The molecule has 1 heterocycles. The van der Waals surface area contributed by atoms with Gasteiger partial charge in [0.2, 0.25) is 5.88 Å². The van der Waals surface area contributed by atoms with Gasteiger partial charge in [0.25, 0.3) is 11.5 Å². The molecule has 2 N–H and O–H groups in total. The van der Waals surface area contributed by atoms with E-state index in [4.69, 9.17) is 0 Å². The monoisotopic (exact) mass is 381 g/mol. The standard InChI is InChI=1S/C20H23N5O3/c1-4-6-11-25-19(27)16(12-21)13(3)17(20(25)28)24-23-15-9-7-14(8-10-15)18(26)22-5-2/h7-10,27H,4-6,11H2,1-3H3,(H,22,26). The van der Waals surface area contributed by atoms with E-state index in [2.05, 4.69) is 15.5 Å². The number of nitriles is 1. The number of carbonyl (C=O) groups is 1. The highest BCUT2D eigenvalue weighted by atomic mass is 16.3. The second-order valence-corrected chi connectivity index (χ2v) is 6.20. The van der Waals surface area contributed by atoms with E-state index in [0.29, 0.717) is 30.8 Å². The summed E-state index contributed by atoms with van der Waals surface area (Å²) >= 11 is 0. The van der Waals surface area contributed by atoms with Crippen LogP contribution in [-0.2, 0) is 6.54 Å². The van der Waals surface area contributed by atoms with Crippen LogP contribution < -0.4 is 10.9 Å². The number of benzene rings is 1. The summed E-state index contributed by atoms with van der Waals surface area (Å²) in [7, 11) is 0. The van der Waals surface area contributed by atoms with Crippen LogP contribution in [0.5, 0.6) is 5.88 Å². The van der Waals surface area contributed by atoms with Crippen LogP contribution in [0.2, 0.25) is 0 Å². The molecule has 146 valence electrons. The Balaban J connectivity index is 2.41. The third-order valence-electron chi connectivity index (χ3n) is 4.24. The Morgan fingerprint density at radius 1 is 1.25 bits per heavy atom. The average molecular weight is 381 g/mol. The lowest BCUT2D eigenvalue weighted by atomic mass is 10.1. The van der Waals surface area contributed by atoms with Crippen molar-refractivity contribution in [1.29, 1.82) is 5.26 Å². The summed E-state index contributed by atoms with van der Waals surface area (Å²) in [5.74, 6) is -0.526. The fraction of sp³-hybridized carbons (Fsp3) is 0.350. The highest BCUT2D eigenvalue weighted by molar-refractivity contribution is 5.94. The summed E-state index contributed by atoms with van der Waals surface area (Å²) < 4.78 is 1.15. The zero-order valence-electron chi connectivity index (χ0n) is 16.2. The van der Waals surface area contributed by atoms with Gasteiger partial charge in [-0.1, -0.05) is 13.3 Å². The number of nitrogens with zero attached hydrogens (tertiary/aromatic N) is 4. The molecular weight excluding hydrogens is 358 g/mol. The Labute approximate surface area is 163 Å². The maximum absolute atomic E-state index is 12.7. The predicted octanol–water partition coefficient (Wildman–Crippen LogP) is 3.70. The maximum Gasteiger partial charge on any atom is 0.281 e. The van der Waals surface area contributed by atoms with E-state index in [9.17, 15) is 20.0 Å². The van der Waals surface area contributed by atoms with E-state index in [1.807, 2.05) is 19.9 Å². The Morgan fingerprint density at radius 3 is 2.50 bits per heavy atom. The van der Waals surface area contributed by atoms with E-state index in [-0.39, 0.29) is 28.6 Å². The van der Waals surface area contributed by atoms with Gasteiger partial charge in [0.1, 0.15) is 11.6 Å². The Morgan fingerprint density at radius 2 is 1.93 bits per heavy atom. The molecule has 1 aromatic heterocycles. The van der Waals surface area contributed by atoms with Gasteiger partial charge in [0, 0.05) is 24.2 Å². The number of hydrogen-bond donors (Lipinski definition) is 2. The summed E-state index contributed by atoms with van der Waals surface area (Å²) in [6.45, 7) is 6.18. The van der Waals surface area contributed by atoms with Gasteiger partial charge in [-0.05, 0) is 44.5 Å². The zero-order valence-corrected chi connectivity index (χ0v) is 16.2. The van der Waals surface area contributed by atoms with E-state index >= 15 is 0 Å². The van der Waals surface area contributed by atoms with Gasteiger partial charge in [-0.2, -0.15) is 10.4 Å². The molecule has 0 radical (unpaired) electrons. The molecule has 0 aliphatic rings. The fourth-order valence-corrected chi connectivity index (χ4v) is 2.63. The lowest BCUT2D eigenvalue weighted by Gasteiger charge is -2.12. The normalized spacial score (nSPS) is 10.8. The molecular formula is C20H23N5O3. The van der Waals surface area contributed by atoms with Gasteiger partial charge in [-0.15, -0.1) is 5.11 Å². The number of nitrogens with one attached hydrogen (secondary N) is 1. The van der Waals surface area contributed by atoms with Crippen molar-refractivity contribution in [2.75, 3.05) is 6.54 Å². The van der Waals surface area contributed by atoms with Crippen LogP contribution in [0, 0.1) is 18.3 Å². The molecule has 0 fully saturated rings. The first-order chi connectivity index (χ1) is 13.4. The van der Waals surface area contributed by atoms with Gasteiger partial charge in [0.05, 0.1) is 5.69 Å². The molecule has 0 unspecified atom stereocenters. The van der Waals surface area contributed by atoms with E-state index in [0.717, 1.165) is 11.0 Å². The lowest BCUT2D eigenvalue weighted by molar-refractivity contribution is 0.0956. The zero-order chi connectivity index (χ0) is 20.7. The van der Waals surface area contributed by atoms with E-state index < -0.39 is 5.56 Å². The molecule has 0 aliphatic carbocycles. The van der Waals surface area contributed by atoms with Crippen molar-refractivity contribution in [3.63, 3.8) is 0 Å². The molecule has 0 aliphatic heterocycles. The third kappa shape index (κ3) is 4.43. The summed E-state index contributed by atoms with van der Waals surface area (Å²) in [5, 5.41) is 30.4. The quantitative estimate of drug-likeness (QED) is 0.710. The number of unbranched alkanes of at least 4 members (excludes halogenated alkanes) is 1. The first-order valence-electron chi connectivity index (χ1n) is 9.11. The second-order valence-electron chi connectivity index (χ2n) is 6.20. The molecule has 8 nitrogen and oxygen atoms in total. The maximum atomic E-state index is 12.7. The van der Waals surface area contributed by atoms with Crippen molar-refractivity contribution in [1.82, 2.24) is 9.88 Å². The van der Waals surface area contributed by atoms with Crippen molar-refractivity contribution in [3.8, 4) is 11.9 Å². The number of carbonyl (C=O) groups excluding carboxylic acids is 1. The Kier molecular flexibility index (Phi) is 7.04. The first kappa shape index (κ1) is 20.8. The minimum atomic E-state index is -0.495. The molecule has 0 saturated carbocycles. The van der Waals surface area contributed by atoms with Crippen molar-refractivity contribution in [2.45, 2.75) is 40.2 Å². The summed E-state index contributed by atoms with van der Waals surface area (Å²) in [6.07, 6.45) is 1.51. The van der Waals surface area contributed by atoms with Gasteiger partial charge >= 0.3 is 0 Å².